The summed E-state index contributed by atoms with van der Waals surface area (Å²) < 4.78 is 32.4. The Morgan fingerprint density at radius 3 is 1.22 bits per heavy atom. The van der Waals surface area contributed by atoms with Gasteiger partial charge in [0.25, 0.3) is 0 Å². The van der Waals surface area contributed by atoms with E-state index in [1.165, 1.54) is 0 Å². The lowest BCUT2D eigenvalue weighted by molar-refractivity contribution is -0.122. The summed E-state index contributed by atoms with van der Waals surface area (Å²) in [6.45, 7) is 0. The van der Waals surface area contributed by atoms with Crippen molar-refractivity contribution in [2.24, 2.45) is 11.7 Å². The van der Waals surface area contributed by atoms with Crippen molar-refractivity contribution in [3.05, 3.63) is 35.4 Å². The highest BCUT2D eigenvalue weighted by Crippen LogP contribution is 2.37. The highest BCUT2D eigenvalue weighted by molar-refractivity contribution is 5.76. The van der Waals surface area contributed by atoms with E-state index in [4.69, 9.17) is 34.2 Å². The first-order chi connectivity index (χ1) is 15.4. The average Bonchev–Trinajstić information content (AvgIpc) is 2.82. The van der Waals surface area contributed by atoms with Crippen molar-refractivity contribution in [2.45, 2.75) is 25.7 Å². The van der Waals surface area contributed by atoms with Gasteiger partial charge >= 0.3 is 0 Å². The summed E-state index contributed by atoms with van der Waals surface area (Å²) in [4.78, 5) is 12.2. The summed E-state index contributed by atoms with van der Waals surface area (Å²) in [6, 6.07) is 7.30. The minimum Gasteiger partial charge on any atom is -0.496 e. The zero-order valence-corrected chi connectivity index (χ0v) is 19.7. The number of hydrogen-bond acceptors (Lipinski definition) is 7. The van der Waals surface area contributed by atoms with Crippen molar-refractivity contribution in [1.29, 1.82) is 0 Å². The molecular formula is C24H33NO7. The van der Waals surface area contributed by atoms with Gasteiger partial charge in [0.1, 0.15) is 11.5 Å². The Labute approximate surface area is 189 Å². The fourth-order valence-electron chi connectivity index (χ4n) is 3.66. The number of ether oxygens (including phenoxy) is 6. The maximum absolute atomic E-state index is 12.2. The van der Waals surface area contributed by atoms with Crippen LogP contribution in [0.1, 0.15) is 24.0 Å². The van der Waals surface area contributed by atoms with Gasteiger partial charge in [0.2, 0.25) is 5.91 Å². The van der Waals surface area contributed by atoms with Gasteiger partial charge in [0.05, 0.1) is 42.7 Å². The maximum atomic E-state index is 12.2. The van der Waals surface area contributed by atoms with Gasteiger partial charge in [-0.3, -0.25) is 4.79 Å². The van der Waals surface area contributed by atoms with E-state index in [1.54, 1.807) is 54.8 Å². The van der Waals surface area contributed by atoms with Gasteiger partial charge in [-0.1, -0.05) is 0 Å². The van der Waals surface area contributed by atoms with Crippen molar-refractivity contribution in [1.82, 2.24) is 0 Å². The molecule has 8 nitrogen and oxygen atoms in total. The number of methoxy groups -OCH3 is 6. The van der Waals surface area contributed by atoms with Crippen LogP contribution in [0.3, 0.4) is 0 Å². The van der Waals surface area contributed by atoms with Crippen LogP contribution in [0.15, 0.2) is 24.3 Å². The van der Waals surface area contributed by atoms with Gasteiger partial charge in [-0.05, 0) is 48.9 Å². The predicted molar refractivity (Wildman–Crippen MR) is 122 cm³/mol. The van der Waals surface area contributed by atoms with Crippen molar-refractivity contribution < 1.29 is 33.2 Å². The molecule has 0 unspecified atom stereocenters. The van der Waals surface area contributed by atoms with Crippen molar-refractivity contribution in [3.63, 3.8) is 0 Å². The molecule has 1 amide bonds. The Balaban J connectivity index is 2.17. The van der Waals surface area contributed by atoms with Crippen molar-refractivity contribution >= 4 is 5.91 Å². The van der Waals surface area contributed by atoms with Gasteiger partial charge in [-0.2, -0.15) is 0 Å². The van der Waals surface area contributed by atoms with E-state index in [-0.39, 0.29) is 11.8 Å². The second-order valence-electron chi connectivity index (χ2n) is 7.21. The molecule has 0 radical (unpaired) electrons. The molecule has 0 aromatic heterocycles. The van der Waals surface area contributed by atoms with Gasteiger partial charge in [-0.25, -0.2) is 0 Å². The second kappa shape index (κ2) is 11.9. The molecule has 0 fully saturated rings. The van der Waals surface area contributed by atoms with Crippen LogP contribution >= 0.6 is 0 Å². The fraction of sp³-hybridized carbons (Fsp3) is 0.458. The average molecular weight is 448 g/mol. The molecule has 32 heavy (non-hydrogen) atoms. The number of primary amides is 1. The number of nitrogens with two attached hydrogens (primary N) is 1. The largest absolute Gasteiger partial charge is 0.496 e. The molecule has 0 atom stereocenters. The zero-order chi connectivity index (χ0) is 23.7. The van der Waals surface area contributed by atoms with Crippen molar-refractivity contribution in [2.75, 3.05) is 42.7 Å². The van der Waals surface area contributed by atoms with E-state index in [0.29, 0.717) is 60.2 Å². The number of aryl methyl sites for hydroxylation is 2. The van der Waals surface area contributed by atoms with Crippen LogP contribution in [-0.2, 0) is 17.6 Å². The maximum Gasteiger partial charge on any atom is 0.220 e. The first-order valence-electron chi connectivity index (χ1n) is 10.3. The number of carbonyl (C=O) groups excluding carboxylic acids is 1. The molecule has 2 rings (SSSR count). The first kappa shape index (κ1) is 25.0. The van der Waals surface area contributed by atoms with Crippen molar-refractivity contribution in [3.8, 4) is 34.5 Å². The highest BCUT2D eigenvalue weighted by Gasteiger charge is 2.20. The number of rotatable bonds is 13. The molecule has 176 valence electrons. The molecule has 0 aliphatic carbocycles. The minimum atomic E-state index is -0.344. The number of benzene rings is 2. The SMILES string of the molecule is COc1cc(OC)c(OC)cc1CCC(CCc1cc(OC)c(OC)cc1OC)C(N)=O. The van der Waals surface area contributed by atoms with E-state index in [1.807, 2.05) is 12.1 Å². The number of amides is 1. The molecular weight excluding hydrogens is 414 g/mol. The topological polar surface area (TPSA) is 98.5 Å². The highest BCUT2D eigenvalue weighted by atomic mass is 16.5. The second-order valence-corrected chi connectivity index (χ2v) is 7.21. The van der Waals surface area contributed by atoms with Crippen LogP contribution in [0, 0.1) is 5.92 Å². The Kier molecular flexibility index (Phi) is 9.31. The summed E-state index contributed by atoms with van der Waals surface area (Å²) in [5, 5.41) is 0. The van der Waals surface area contributed by atoms with E-state index in [2.05, 4.69) is 0 Å². The van der Waals surface area contributed by atoms with Crippen LogP contribution in [0.2, 0.25) is 0 Å². The molecule has 8 heteroatoms. The van der Waals surface area contributed by atoms with Crippen LogP contribution in [-0.4, -0.2) is 48.6 Å². The van der Waals surface area contributed by atoms with Crippen LogP contribution in [0.4, 0.5) is 0 Å². The molecule has 0 bridgehead atoms. The molecule has 0 aliphatic rings. The molecule has 0 aliphatic heterocycles. The Morgan fingerprint density at radius 2 is 0.938 bits per heavy atom. The zero-order valence-electron chi connectivity index (χ0n) is 19.7. The van der Waals surface area contributed by atoms with Crippen LogP contribution in [0.25, 0.3) is 0 Å². The third-order valence-corrected chi connectivity index (χ3v) is 5.50. The van der Waals surface area contributed by atoms with Crippen LogP contribution in [0.5, 0.6) is 34.5 Å². The number of carbonyl (C=O) groups is 1. The predicted octanol–water partition coefficient (Wildman–Crippen LogP) is 3.41. The Morgan fingerprint density at radius 1 is 0.625 bits per heavy atom. The molecule has 2 aromatic rings. The molecule has 0 heterocycles. The Bertz CT molecular complexity index is 846. The summed E-state index contributed by atoms with van der Waals surface area (Å²) in [7, 11) is 9.50. The molecule has 2 N–H and O–H groups in total. The minimum absolute atomic E-state index is 0.328. The lowest BCUT2D eigenvalue weighted by Crippen LogP contribution is -2.24. The molecule has 0 saturated carbocycles. The van der Waals surface area contributed by atoms with E-state index in [9.17, 15) is 4.79 Å². The lowest BCUT2D eigenvalue weighted by atomic mass is 9.92. The normalized spacial score (nSPS) is 10.6. The lowest BCUT2D eigenvalue weighted by Gasteiger charge is -2.18. The van der Waals surface area contributed by atoms with Gasteiger partial charge in [-0.15, -0.1) is 0 Å². The Hall–Kier alpha value is -3.29. The van der Waals surface area contributed by atoms with E-state index < -0.39 is 0 Å². The smallest absolute Gasteiger partial charge is 0.220 e. The summed E-state index contributed by atoms with van der Waals surface area (Å²) in [5.74, 6) is 3.05. The quantitative estimate of drug-likeness (QED) is 0.502. The monoisotopic (exact) mass is 447 g/mol. The molecule has 0 saturated heterocycles. The van der Waals surface area contributed by atoms with Gasteiger partial charge in [0, 0.05) is 18.1 Å². The standard InChI is InChI=1S/C24H33NO7/c1-27-18-13-22(31-5)20(29-3)11-16(18)9-7-15(24(25)26)8-10-17-12-21(30-4)23(32-6)14-19(17)28-2/h11-15H,7-10H2,1-6H3,(H2,25,26). The van der Waals surface area contributed by atoms with Gasteiger partial charge in [0.15, 0.2) is 23.0 Å². The first-order valence-corrected chi connectivity index (χ1v) is 10.3. The fourth-order valence-corrected chi connectivity index (χ4v) is 3.66. The molecule has 0 spiro atoms. The third-order valence-electron chi connectivity index (χ3n) is 5.50. The van der Waals surface area contributed by atoms with Crippen LogP contribution < -0.4 is 34.2 Å². The van der Waals surface area contributed by atoms with E-state index >= 15 is 0 Å². The van der Waals surface area contributed by atoms with Gasteiger partial charge < -0.3 is 34.2 Å². The molecule has 2 aromatic carbocycles. The third kappa shape index (κ3) is 5.90. The number of hydrogen-bond donors (Lipinski definition) is 1. The summed E-state index contributed by atoms with van der Waals surface area (Å²) in [5.41, 5.74) is 7.55. The van der Waals surface area contributed by atoms with E-state index in [0.717, 1.165) is 11.1 Å². The summed E-state index contributed by atoms with van der Waals surface area (Å²) >= 11 is 0. The summed E-state index contributed by atoms with van der Waals surface area (Å²) in [6.07, 6.45) is 2.33.